The van der Waals surface area contributed by atoms with Gasteiger partial charge in [0.05, 0.1) is 91.0 Å². The van der Waals surface area contributed by atoms with Crippen LogP contribution in [0.1, 0.15) is 99.3 Å². The maximum Gasteiger partial charge on any atom is 0.418 e. The number of hydrogen-bond acceptors (Lipinski definition) is 18. The Labute approximate surface area is 578 Å². The summed E-state index contributed by atoms with van der Waals surface area (Å²) < 4.78 is 202. The zero-order chi connectivity index (χ0) is 70.2. The molecule has 4 aromatic heterocycles. The number of fused-ring (bicyclic) bond motifs is 6. The number of nitrogen functional groups attached to an aromatic ring is 2. The molecule has 4 bridgehead atoms. The summed E-state index contributed by atoms with van der Waals surface area (Å²) in [4.78, 5) is 39.3. The molecule has 10 saturated heterocycles. The lowest BCUT2D eigenvalue weighted by Crippen LogP contribution is -2.45. The number of nitrogens with two attached hydrogens (primary N) is 2. The Hall–Kier alpha value is -6.60. The van der Waals surface area contributed by atoms with Crippen LogP contribution < -0.4 is 40.2 Å². The molecule has 0 amide bonds. The molecule has 540 valence electrons. The van der Waals surface area contributed by atoms with Gasteiger partial charge in [-0.2, -0.15) is 46.3 Å². The van der Waals surface area contributed by atoms with Gasteiger partial charge in [0.2, 0.25) is 0 Å². The van der Waals surface area contributed by atoms with E-state index in [2.05, 4.69) is 49.3 Å². The topological polar surface area (TPSA) is 186 Å². The van der Waals surface area contributed by atoms with Gasteiger partial charge in [-0.15, -0.1) is 0 Å². The molecule has 0 unspecified atom stereocenters. The van der Waals surface area contributed by atoms with Gasteiger partial charge in [0, 0.05) is 77.3 Å². The standard InChI is InChI=1S/2C34H38ClF6N7O2/c2*1-17-10-22(42)43-28(25(17)34(39,40)41)23-26(35)30-24-29(27(23)38)44-32(50-16-33-6-2-9-47(33)13-19(37)11-33)45-31(24)48-14-20-5-4-18(21(48)15-49-30)12-46(20)8-3-7-36/h2*10,18-21H,2-9,11-16H2,1H3,(H2,42,43)/t2*18-,19-,20-,21-,33+/m11/s1. The van der Waals surface area contributed by atoms with Crippen LogP contribution in [0.15, 0.2) is 12.1 Å². The lowest BCUT2D eigenvalue weighted by Gasteiger charge is -2.36. The van der Waals surface area contributed by atoms with E-state index in [1.165, 1.54) is 13.8 Å². The zero-order valence-electron chi connectivity index (χ0n) is 55.0. The molecule has 10 atom stereocenters. The normalized spacial score (nSPS) is 28.0. The van der Waals surface area contributed by atoms with Gasteiger partial charge in [0.25, 0.3) is 0 Å². The van der Waals surface area contributed by atoms with Crippen LogP contribution in [0.25, 0.3) is 44.3 Å². The third kappa shape index (κ3) is 12.0. The second kappa shape index (κ2) is 26.3. The van der Waals surface area contributed by atoms with Gasteiger partial charge in [-0.05, 0) is 126 Å². The van der Waals surface area contributed by atoms with Crippen molar-refractivity contribution in [1.29, 1.82) is 0 Å². The first-order valence-electron chi connectivity index (χ1n) is 34.3. The smallest absolute Gasteiger partial charge is 0.418 e. The number of pyridine rings is 2. The summed E-state index contributed by atoms with van der Waals surface area (Å²) in [6.45, 7) is 7.47. The first kappa shape index (κ1) is 69.1. The number of ether oxygens (including phenoxy) is 4. The monoisotopic (exact) mass is 1450 g/mol. The molecule has 0 saturated carbocycles. The molecule has 100 heavy (non-hydrogen) atoms. The molecule has 0 radical (unpaired) electrons. The van der Waals surface area contributed by atoms with E-state index in [0.29, 0.717) is 89.7 Å². The lowest BCUT2D eigenvalue weighted by atomic mass is 9.90. The van der Waals surface area contributed by atoms with Crippen molar-refractivity contribution >= 4 is 68.3 Å². The van der Waals surface area contributed by atoms with Crippen LogP contribution in [-0.4, -0.2) is 202 Å². The molecule has 0 spiro atoms. The summed E-state index contributed by atoms with van der Waals surface area (Å²) in [6, 6.07) is 1.35. The number of rotatable bonds is 14. The molecule has 4 N–H and O–H groups in total. The fourth-order valence-corrected chi connectivity index (χ4v) is 19.0. The highest BCUT2D eigenvalue weighted by Crippen LogP contribution is 2.55. The number of hydrogen-bond donors (Lipinski definition) is 2. The average molecular weight is 1450 g/mol. The molecule has 12 aliphatic rings. The highest BCUT2D eigenvalue weighted by molar-refractivity contribution is 6.37. The molecule has 32 heteroatoms. The molecule has 18 rings (SSSR count). The van der Waals surface area contributed by atoms with Crippen molar-refractivity contribution in [2.24, 2.45) is 11.8 Å². The number of alkyl halides is 10. The highest BCUT2D eigenvalue weighted by Gasteiger charge is 2.53. The predicted octanol–water partition coefficient (Wildman–Crippen LogP) is 12.7. The summed E-state index contributed by atoms with van der Waals surface area (Å²) in [5.41, 5.74) is 4.35. The fourth-order valence-electron chi connectivity index (χ4n) is 18.4. The predicted molar refractivity (Wildman–Crippen MR) is 351 cm³/mol. The number of piperidine rings is 2. The van der Waals surface area contributed by atoms with Crippen molar-refractivity contribution < 1.29 is 71.6 Å². The molecule has 18 nitrogen and oxygen atoms in total. The molecule has 16 heterocycles. The van der Waals surface area contributed by atoms with Crippen LogP contribution >= 0.6 is 23.2 Å². The molecule has 12 aliphatic heterocycles. The van der Waals surface area contributed by atoms with Gasteiger partial charge < -0.3 is 40.2 Å². The summed E-state index contributed by atoms with van der Waals surface area (Å²) >= 11 is 13.8. The Balaban J connectivity index is 0.000000162. The first-order chi connectivity index (χ1) is 47.8. The number of halogens is 14. The van der Waals surface area contributed by atoms with Crippen molar-refractivity contribution in [2.75, 3.05) is 126 Å². The van der Waals surface area contributed by atoms with E-state index < -0.39 is 104 Å². The Morgan fingerprint density at radius 2 is 0.990 bits per heavy atom. The van der Waals surface area contributed by atoms with Crippen LogP contribution in [0.5, 0.6) is 23.5 Å². The van der Waals surface area contributed by atoms with Crippen LogP contribution in [0.4, 0.5) is 76.0 Å². The largest absolute Gasteiger partial charge is 0.489 e. The fraction of sp³-hybridized carbons (Fsp3) is 0.618. The van der Waals surface area contributed by atoms with Gasteiger partial charge in [0.15, 0.2) is 23.1 Å². The zero-order valence-corrected chi connectivity index (χ0v) is 56.5. The summed E-state index contributed by atoms with van der Waals surface area (Å²) in [5, 5.41) is -0.571. The molecular formula is C68H76Cl2F12N14O4. The SMILES string of the molecule is Cc1cc(N)nc(-c2c(Cl)c3c4c(nc(OC[C@@]56CCCN5C[C@H](F)C6)nc4c2F)N2C[C@H]4CC[C@H](CN4CCCF)[C@H]2CO3)c1C(F)(F)F.Cc1cc(N)nc(-c2c(Cl)c3c4c(nc(OC[C@@]56CCCN5C[C@H](F)C6)nc4c2F)N2C[C@H]4CC[C@H](CN4CCCF)[C@H]2CO3)c1C(F)(F)F. The Bertz CT molecular complexity index is 3930. The second-order valence-electron chi connectivity index (χ2n) is 28.8. The molecular weight excluding hydrogens is 1380 g/mol. The molecule has 6 aromatic rings. The Kier molecular flexibility index (Phi) is 18.2. The highest BCUT2D eigenvalue weighted by atomic mass is 35.5. The third-order valence-electron chi connectivity index (χ3n) is 22.8. The van der Waals surface area contributed by atoms with Gasteiger partial charge >= 0.3 is 24.4 Å². The van der Waals surface area contributed by atoms with E-state index >= 15 is 8.78 Å². The van der Waals surface area contributed by atoms with Crippen molar-refractivity contribution in [3.8, 4) is 46.0 Å². The van der Waals surface area contributed by atoms with Crippen LogP contribution in [0.2, 0.25) is 10.0 Å². The summed E-state index contributed by atoms with van der Waals surface area (Å²) in [5.74, 6) is -2.17. The van der Waals surface area contributed by atoms with E-state index in [1.54, 1.807) is 0 Å². The van der Waals surface area contributed by atoms with Crippen LogP contribution in [0.3, 0.4) is 0 Å². The number of benzene rings is 2. The van der Waals surface area contributed by atoms with Gasteiger partial charge in [0.1, 0.15) is 73.1 Å². The van der Waals surface area contributed by atoms with Crippen molar-refractivity contribution in [2.45, 2.75) is 151 Å². The average Bonchev–Trinajstić information content (AvgIpc) is 1.13. The number of aromatic nitrogens is 6. The molecule has 2 aromatic carbocycles. The number of nitrogens with zero attached hydrogens (tertiary/aromatic N) is 12. The maximum absolute atomic E-state index is 17.1. The minimum Gasteiger partial charge on any atom is -0.489 e. The van der Waals surface area contributed by atoms with Crippen molar-refractivity contribution in [3.05, 3.63) is 56.1 Å². The van der Waals surface area contributed by atoms with E-state index in [9.17, 15) is 43.9 Å². The quantitative estimate of drug-likeness (QED) is 0.0980. The van der Waals surface area contributed by atoms with Crippen molar-refractivity contribution in [3.63, 3.8) is 0 Å². The van der Waals surface area contributed by atoms with E-state index in [-0.39, 0.29) is 143 Å². The minimum absolute atomic E-state index is 0.0514. The first-order valence-corrected chi connectivity index (χ1v) is 35.1. The third-order valence-corrected chi connectivity index (χ3v) is 23.5. The van der Waals surface area contributed by atoms with Crippen LogP contribution in [-0.2, 0) is 12.4 Å². The number of aryl methyl sites for hydroxylation is 2. The van der Waals surface area contributed by atoms with Crippen LogP contribution in [0, 0.1) is 37.3 Å². The van der Waals surface area contributed by atoms with Crippen molar-refractivity contribution in [1.82, 2.24) is 49.5 Å². The van der Waals surface area contributed by atoms with E-state index in [1.807, 2.05) is 0 Å². The maximum atomic E-state index is 17.1. The van der Waals surface area contributed by atoms with Gasteiger partial charge in [-0.3, -0.25) is 28.4 Å². The molecule has 0 aliphatic carbocycles. The van der Waals surface area contributed by atoms with E-state index in [4.69, 9.17) is 63.6 Å². The minimum atomic E-state index is -4.92. The summed E-state index contributed by atoms with van der Waals surface area (Å²) in [6.07, 6.45) is -3.81. The second-order valence-corrected chi connectivity index (χ2v) is 29.5. The Morgan fingerprint density at radius 1 is 0.580 bits per heavy atom. The van der Waals surface area contributed by atoms with Gasteiger partial charge in [-0.1, -0.05) is 23.2 Å². The Morgan fingerprint density at radius 3 is 1.38 bits per heavy atom. The van der Waals surface area contributed by atoms with E-state index in [0.717, 1.165) is 63.7 Å². The lowest BCUT2D eigenvalue weighted by molar-refractivity contribution is -0.138. The number of anilines is 4. The molecule has 10 fully saturated rings. The summed E-state index contributed by atoms with van der Waals surface area (Å²) in [7, 11) is 0. The van der Waals surface area contributed by atoms with Gasteiger partial charge in [-0.25, -0.2) is 27.5 Å².